The minimum atomic E-state index is -3.77. The summed E-state index contributed by atoms with van der Waals surface area (Å²) in [5.41, 5.74) is 2.41. The molecule has 7 nitrogen and oxygen atoms in total. The monoisotopic (exact) mass is 467 g/mol. The van der Waals surface area contributed by atoms with Gasteiger partial charge < -0.3 is 9.42 Å². The van der Waals surface area contributed by atoms with Crippen LogP contribution in [0, 0.1) is 6.92 Å². The third-order valence-electron chi connectivity index (χ3n) is 5.40. The van der Waals surface area contributed by atoms with Crippen molar-refractivity contribution in [3.05, 3.63) is 39.7 Å². The number of aromatic nitrogens is 1. The number of aryl methyl sites for hydroxylation is 1. The number of halogens is 1. The molecule has 4 rings (SSSR count). The van der Waals surface area contributed by atoms with Crippen molar-refractivity contribution in [2.75, 3.05) is 18.0 Å². The van der Waals surface area contributed by atoms with Crippen molar-refractivity contribution in [3.8, 4) is 0 Å². The first kappa shape index (κ1) is 19.6. The van der Waals surface area contributed by atoms with Crippen molar-refractivity contribution in [2.45, 2.75) is 50.5 Å². The Balaban J connectivity index is 1.74. The van der Waals surface area contributed by atoms with Gasteiger partial charge in [-0.15, -0.1) is 0 Å². The van der Waals surface area contributed by atoms with Crippen LogP contribution in [0.25, 0.3) is 0 Å². The second-order valence-electron chi connectivity index (χ2n) is 7.20. The number of amides is 1. The van der Waals surface area contributed by atoms with Crippen LogP contribution < -0.4 is 4.90 Å². The van der Waals surface area contributed by atoms with Crippen LogP contribution in [0.4, 0.5) is 5.69 Å². The average Bonchev–Trinajstić information content (AvgIpc) is 3.38. The second-order valence-corrected chi connectivity index (χ2v) is 9.92. The maximum Gasteiger partial charge on any atom is 0.244 e. The van der Waals surface area contributed by atoms with Crippen molar-refractivity contribution in [1.82, 2.24) is 9.46 Å². The number of hydrogen-bond donors (Lipinski definition) is 0. The molecule has 2 aromatic rings. The minimum absolute atomic E-state index is 0.000560. The molecule has 1 amide bonds. The Bertz CT molecular complexity index is 1030. The molecule has 1 aromatic heterocycles. The number of fused-ring (bicyclic) bond motifs is 1. The number of rotatable bonds is 4. The number of benzene rings is 1. The predicted octanol–water partition coefficient (Wildman–Crippen LogP) is 3.57. The van der Waals surface area contributed by atoms with Crippen LogP contribution in [-0.4, -0.2) is 36.9 Å². The number of nitrogens with zero attached hydrogens (tertiary/aromatic N) is 3. The molecule has 0 unspecified atom stereocenters. The summed E-state index contributed by atoms with van der Waals surface area (Å²) in [7, 11) is -3.77. The molecular formula is C19H22BrN3O4S. The lowest BCUT2D eigenvalue weighted by Crippen LogP contribution is -2.31. The lowest BCUT2D eigenvalue weighted by molar-refractivity contribution is -0.118. The maximum atomic E-state index is 13.5. The molecule has 0 saturated carbocycles. The normalized spacial score (nSPS) is 20.0. The summed E-state index contributed by atoms with van der Waals surface area (Å²) in [6.07, 6.45) is 2.56. The summed E-state index contributed by atoms with van der Waals surface area (Å²) in [5, 5.41) is 3.90. The van der Waals surface area contributed by atoms with Gasteiger partial charge in [0.15, 0.2) is 5.76 Å². The predicted molar refractivity (Wildman–Crippen MR) is 108 cm³/mol. The zero-order chi connectivity index (χ0) is 20.1. The number of carbonyl (C=O) groups excluding carboxylic acids is 1. The summed E-state index contributed by atoms with van der Waals surface area (Å²) in [4.78, 5) is 14.1. The molecule has 28 heavy (non-hydrogen) atoms. The van der Waals surface area contributed by atoms with Gasteiger partial charge in [0.2, 0.25) is 15.9 Å². The second kappa shape index (κ2) is 7.27. The van der Waals surface area contributed by atoms with Crippen molar-refractivity contribution in [1.29, 1.82) is 0 Å². The standard InChI is InChI=1S/C19H22BrN3O4S/c1-3-19(24)22-8-6-13-10-14(20)18(11-16(13)22)28(25,26)23-7-4-5-15(23)17-9-12(2)21-27-17/h9-11,15H,3-8H2,1-2H3/t15-/m1/s1. The molecule has 3 heterocycles. The number of anilines is 1. The minimum Gasteiger partial charge on any atom is -0.359 e. The SMILES string of the molecule is CCC(=O)N1CCc2cc(Br)c(S(=O)(=O)N3CCC[C@@H]3c3cc(C)no3)cc21. The number of hydrogen-bond acceptors (Lipinski definition) is 5. The van der Waals surface area contributed by atoms with E-state index in [1.165, 1.54) is 4.31 Å². The Hall–Kier alpha value is -1.71. The van der Waals surface area contributed by atoms with Gasteiger partial charge in [-0.3, -0.25) is 4.79 Å². The van der Waals surface area contributed by atoms with E-state index >= 15 is 0 Å². The largest absolute Gasteiger partial charge is 0.359 e. The molecule has 9 heteroatoms. The Morgan fingerprint density at radius 3 is 2.79 bits per heavy atom. The van der Waals surface area contributed by atoms with Crippen molar-refractivity contribution in [3.63, 3.8) is 0 Å². The first-order valence-corrected chi connectivity index (χ1v) is 11.6. The Labute approximate surface area is 172 Å². The van der Waals surface area contributed by atoms with Crippen LogP contribution in [0.1, 0.15) is 49.2 Å². The Morgan fingerprint density at radius 1 is 1.32 bits per heavy atom. The van der Waals surface area contributed by atoms with Gasteiger partial charge in [-0.2, -0.15) is 4.31 Å². The van der Waals surface area contributed by atoms with E-state index in [9.17, 15) is 13.2 Å². The highest BCUT2D eigenvalue weighted by atomic mass is 79.9. The highest BCUT2D eigenvalue weighted by molar-refractivity contribution is 9.10. The van der Waals surface area contributed by atoms with Gasteiger partial charge in [0.25, 0.3) is 0 Å². The number of sulfonamides is 1. The van der Waals surface area contributed by atoms with Gasteiger partial charge >= 0.3 is 0 Å². The van der Waals surface area contributed by atoms with Crippen molar-refractivity contribution in [2.24, 2.45) is 0 Å². The molecule has 1 fully saturated rings. The van der Waals surface area contributed by atoms with Gasteiger partial charge in [-0.1, -0.05) is 12.1 Å². The van der Waals surface area contributed by atoms with E-state index in [0.29, 0.717) is 41.9 Å². The molecule has 0 spiro atoms. The van der Waals surface area contributed by atoms with Gasteiger partial charge in [-0.25, -0.2) is 8.42 Å². The van der Waals surface area contributed by atoms with Crippen LogP contribution in [0.3, 0.4) is 0 Å². The Kier molecular flexibility index (Phi) is 5.09. The van der Waals surface area contributed by atoms with E-state index < -0.39 is 10.0 Å². The topological polar surface area (TPSA) is 83.7 Å². The Morgan fingerprint density at radius 2 is 2.11 bits per heavy atom. The van der Waals surface area contributed by atoms with E-state index in [4.69, 9.17) is 4.52 Å². The lowest BCUT2D eigenvalue weighted by atomic mass is 10.2. The van der Waals surface area contributed by atoms with Crippen molar-refractivity contribution < 1.29 is 17.7 Å². The molecule has 0 radical (unpaired) electrons. The van der Waals surface area contributed by atoms with E-state index in [1.54, 1.807) is 17.0 Å². The zero-order valence-electron chi connectivity index (χ0n) is 15.8. The first-order valence-electron chi connectivity index (χ1n) is 9.40. The molecule has 1 aromatic carbocycles. The lowest BCUT2D eigenvalue weighted by Gasteiger charge is -2.24. The van der Waals surface area contributed by atoms with E-state index in [1.807, 2.05) is 19.9 Å². The third kappa shape index (κ3) is 3.19. The molecular weight excluding hydrogens is 446 g/mol. The molecule has 1 saturated heterocycles. The van der Waals surface area contributed by atoms with Gasteiger partial charge in [-0.05, 0) is 59.8 Å². The zero-order valence-corrected chi connectivity index (χ0v) is 18.2. The highest BCUT2D eigenvalue weighted by Gasteiger charge is 2.40. The summed E-state index contributed by atoms with van der Waals surface area (Å²) in [6.45, 7) is 4.64. The fourth-order valence-corrected chi connectivity index (χ4v) is 6.75. The van der Waals surface area contributed by atoms with E-state index in [0.717, 1.165) is 24.1 Å². The summed E-state index contributed by atoms with van der Waals surface area (Å²) in [6, 6.07) is 4.89. The first-order chi connectivity index (χ1) is 13.3. The smallest absolute Gasteiger partial charge is 0.244 e. The molecule has 0 N–H and O–H groups in total. The quantitative estimate of drug-likeness (QED) is 0.685. The molecule has 2 aliphatic rings. The molecule has 0 aliphatic carbocycles. The summed E-state index contributed by atoms with van der Waals surface area (Å²) < 4.78 is 34.4. The van der Waals surface area contributed by atoms with Crippen molar-refractivity contribution >= 4 is 37.5 Å². The molecule has 150 valence electrons. The van der Waals surface area contributed by atoms with E-state index in [2.05, 4.69) is 21.1 Å². The third-order valence-corrected chi connectivity index (χ3v) is 8.26. The van der Waals surface area contributed by atoms with Crippen LogP contribution >= 0.6 is 15.9 Å². The van der Waals surface area contributed by atoms with Crippen LogP contribution in [0.15, 0.2) is 32.1 Å². The average molecular weight is 468 g/mol. The molecule has 2 aliphatic heterocycles. The van der Waals surface area contributed by atoms with Crippen LogP contribution in [0.5, 0.6) is 0 Å². The fourth-order valence-electron chi connectivity index (χ4n) is 4.01. The summed E-state index contributed by atoms with van der Waals surface area (Å²) >= 11 is 3.44. The maximum absolute atomic E-state index is 13.5. The number of carbonyl (C=O) groups is 1. The van der Waals surface area contributed by atoms with Crippen LogP contribution in [0.2, 0.25) is 0 Å². The molecule has 1 atom stereocenters. The van der Waals surface area contributed by atoms with E-state index in [-0.39, 0.29) is 16.8 Å². The van der Waals surface area contributed by atoms with Crippen LogP contribution in [-0.2, 0) is 21.2 Å². The van der Waals surface area contributed by atoms with Gasteiger partial charge in [0, 0.05) is 35.7 Å². The summed E-state index contributed by atoms with van der Waals surface area (Å²) in [5.74, 6) is 0.569. The highest BCUT2D eigenvalue weighted by Crippen LogP contribution is 2.41. The van der Waals surface area contributed by atoms with Gasteiger partial charge in [0.05, 0.1) is 16.6 Å². The molecule has 0 bridgehead atoms. The van der Waals surface area contributed by atoms with Gasteiger partial charge in [0.1, 0.15) is 0 Å². The fraction of sp³-hybridized carbons (Fsp3) is 0.474.